The molecule has 1 aliphatic rings. The molecule has 4 heteroatoms. The minimum atomic E-state index is -0.692. The third-order valence-corrected chi connectivity index (χ3v) is 4.00. The lowest BCUT2D eigenvalue weighted by Crippen LogP contribution is -2.30. The third-order valence-electron chi connectivity index (χ3n) is 4.00. The molecule has 0 aliphatic carbocycles. The number of aryl methyl sites for hydroxylation is 2. The molecule has 0 aromatic heterocycles. The fourth-order valence-electron chi connectivity index (χ4n) is 2.76. The first-order chi connectivity index (χ1) is 9.95. The molecule has 3 N–H and O–H groups in total. The van der Waals surface area contributed by atoms with E-state index in [1.807, 2.05) is 19.9 Å². The van der Waals surface area contributed by atoms with Crippen LogP contribution in [-0.2, 0) is 6.42 Å². The highest BCUT2D eigenvalue weighted by Gasteiger charge is 2.31. The number of hydrogen-bond donors (Lipinski definition) is 3. The van der Waals surface area contributed by atoms with Crippen LogP contribution in [0, 0.1) is 13.8 Å². The highest BCUT2D eigenvalue weighted by molar-refractivity contribution is 5.48. The largest absolute Gasteiger partial charge is 0.508 e. The van der Waals surface area contributed by atoms with Crippen LogP contribution in [0.25, 0.3) is 0 Å². The van der Waals surface area contributed by atoms with Gasteiger partial charge < -0.3 is 20.1 Å². The molecule has 0 saturated heterocycles. The summed E-state index contributed by atoms with van der Waals surface area (Å²) in [5.74, 6) is 0.914. The molecule has 110 valence electrons. The van der Waals surface area contributed by atoms with Crippen molar-refractivity contribution in [2.24, 2.45) is 0 Å². The Kier molecular flexibility index (Phi) is 3.26. The standard InChI is InChI=1S/C17H18O4/c1-9-3-4-11(6-14(9)19)17-15(20)8-13-10(2)5-12(18)7-16(13)21-17/h3-7,15,17-20H,8H2,1-2H3. The van der Waals surface area contributed by atoms with Crippen molar-refractivity contribution < 1.29 is 20.1 Å². The minimum Gasteiger partial charge on any atom is -0.508 e. The molecule has 2 atom stereocenters. The predicted octanol–water partition coefficient (Wildman–Crippen LogP) is 2.75. The second kappa shape index (κ2) is 4.97. The van der Waals surface area contributed by atoms with Gasteiger partial charge in [-0.2, -0.15) is 0 Å². The third kappa shape index (κ3) is 2.43. The minimum absolute atomic E-state index is 0.146. The summed E-state index contributed by atoms with van der Waals surface area (Å²) in [7, 11) is 0. The van der Waals surface area contributed by atoms with E-state index in [1.54, 1.807) is 24.3 Å². The van der Waals surface area contributed by atoms with Gasteiger partial charge in [0.1, 0.15) is 23.4 Å². The maximum Gasteiger partial charge on any atom is 0.150 e. The highest BCUT2D eigenvalue weighted by atomic mass is 16.5. The average molecular weight is 286 g/mol. The molecule has 0 fully saturated rings. The molecule has 0 bridgehead atoms. The van der Waals surface area contributed by atoms with E-state index in [0.717, 1.165) is 22.3 Å². The van der Waals surface area contributed by atoms with Crippen molar-refractivity contribution in [3.05, 3.63) is 52.6 Å². The Morgan fingerprint density at radius 1 is 1.05 bits per heavy atom. The van der Waals surface area contributed by atoms with Gasteiger partial charge >= 0.3 is 0 Å². The zero-order valence-electron chi connectivity index (χ0n) is 12.0. The summed E-state index contributed by atoms with van der Waals surface area (Å²) >= 11 is 0. The van der Waals surface area contributed by atoms with Gasteiger partial charge in [0.05, 0.1) is 6.10 Å². The molecule has 0 amide bonds. The SMILES string of the molecule is Cc1ccc(C2Oc3cc(O)cc(C)c3CC2O)cc1O. The molecule has 1 aliphatic heterocycles. The second-order valence-corrected chi connectivity index (χ2v) is 5.60. The van der Waals surface area contributed by atoms with Gasteiger partial charge in [0.2, 0.25) is 0 Å². The number of phenols is 2. The topological polar surface area (TPSA) is 69.9 Å². The van der Waals surface area contributed by atoms with Gasteiger partial charge in [-0.05, 0) is 42.7 Å². The normalized spacial score (nSPS) is 20.7. The number of fused-ring (bicyclic) bond motifs is 1. The van der Waals surface area contributed by atoms with Crippen LogP contribution in [0.3, 0.4) is 0 Å². The summed E-state index contributed by atoms with van der Waals surface area (Å²) in [6, 6.07) is 8.47. The number of aliphatic hydroxyl groups is 1. The Hall–Kier alpha value is -2.20. The van der Waals surface area contributed by atoms with Crippen LogP contribution in [0.4, 0.5) is 0 Å². The Labute approximate surface area is 123 Å². The molecule has 2 aromatic carbocycles. The smallest absolute Gasteiger partial charge is 0.150 e. The summed E-state index contributed by atoms with van der Waals surface area (Å²) in [5, 5.41) is 29.9. The molecule has 4 nitrogen and oxygen atoms in total. The van der Waals surface area contributed by atoms with Crippen LogP contribution in [0.5, 0.6) is 17.2 Å². The van der Waals surface area contributed by atoms with Gasteiger partial charge in [-0.3, -0.25) is 0 Å². The van der Waals surface area contributed by atoms with Gasteiger partial charge in [0.15, 0.2) is 0 Å². The maximum absolute atomic E-state index is 10.4. The molecule has 1 heterocycles. The predicted molar refractivity (Wildman–Crippen MR) is 78.8 cm³/mol. The molecule has 3 rings (SSSR count). The number of rotatable bonds is 1. The zero-order valence-corrected chi connectivity index (χ0v) is 12.0. The lowest BCUT2D eigenvalue weighted by molar-refractivity contribution is 0.0203. The van der Waals surface area contributed by atoms with E-state index < -0.39 is 12.2 Å². The Morgan fingerprint density at radius 3 is 2.52 bits per heavy atom. The molecule has 0 radical (unpaired) electrons. The number of phenolic OH excluding ortho intramolecular Hbond substituents is 2. The fourth-order valence-corrected chi connectivity index (χ4v) is 2.76. The second-order valence-electron chi connectivity index (χ2n) is 5.60. The van der Waals surface area contributed by atoms with Crippen molar-refractivity contribution in [3.63, 3.8) is 0 Å². The zero-order chi connectivity index (χ0) is 15.1. The number of aromatic hydroxyl groups is 2. The number of hydrogen-bond acceptors (Lipinski definition) is 4. The fraction of sp³-hybridized carbons (Fsp3) is 0.294. The van der Waals surface area contributed by atoms with Gasteiger partial charge in [-0.1, -0.05) is 12.1 Å². The van der Waals surface area contributed by atoms with Crippen LogP contribution in [0.2, 0.25) is 0 Å². The van der Waals surface area contributed by atoms with Gasteiger partial charge in [-0.15, -0.1) is 0 Å². The summed E-state index contributed by atoms with van der Waals surface area (Å²) in [4.78, 5) is 0. The maximum atomic E-state index is 10.4. The van der Waals surface area contributed by atoms with Crippen LogP contribution in [0.15, 0.2) is 30.3 Å². The van der Waals surface area contributed by atoms with E-state index in [4.69, 9.17) is 4.74 Å². The number of benzene rings is 2. The van der Waals surface area contributed by atoms with Crippen LogP contribution in [-0.4, -0.2) is 21.4 Å². The van der Waals surface area contributed by atoms with Crippen molar-refractivity contribution in [2.45, 2.75) is 32.5 Å². The van der Waals surface area contributed by atoms with E-state index in [-0.39, 0.29) is 11.5 Å². The lowest BCUT2D eigenvalue weighted by atomic mass is 9.92. The van der Waals surface area contributed by atoms with Crippen LogP contribution in [0.1, 0.15) is 28.4 Å². The first kappa shape index (κ1) is 13.8. The Morgan fingerprint density at radius 2 is 1.81 bits per heavy atom. The number of ether oxygens (including phenoxy) is 1. The molecular formula is C17H18O4. The average Bonchev–Trinajstić information content (AvgIpc) is 2.42. The van der Waals surface area contributed by atoms with E-state index in [1.165, 1.54) is 0 Å². The van der Waals surface area contributed by atoms with Crippen molar-refractivity contribution in [3.8, 4) is 17.2 Å². The molecule has 2 aromatic rings. The Bertz CT molecular complexity index is 693. The van der Waals surface area contributed by atoms with Gasteiger partial charge in [-0.25, -0.2) is 0 Å². The molecular weight excluding hydrogens is 268 g/mol. The first-order valence-electron chi connectivity index (χ1n) is 6.92. The first-order valence-corrected chi connectivity index (χ1v) is 6.92. The summed E-state index contributed by atoms with van der Waals surface area (Å²) < 4.78 is 5.87. The van der Waals surface area contributed by atoms with Crippen molar-refractivity contribution >= 4 is 0 Å². The van der Waals surface area contributed by atoms with E-state index in [9.17, 15) is 15.3 Å². The highest BCUT2D eigenvalue weighted by Crippen LogP contribution is 2.39. The van der Waals surface area contributed by atoms with Crippen molar-refractivity contribution in [1.82, 2.24) is 0 Å². The van der Waals surface area contributed by atoms with Crippen LogP contribution < -0.4 is 4.74 Å². The summed E-state index contributed by atoms with van der Waals surface area (Å²) in [5.41, 5.74) is 3.30. The van der Waals surface area contributed by atoms with Gasteiger partial charge in [0.25, 0.3) is 0 Å². The molecule has 0 spiro atoms. The van der Waals surface area contributed by atoms with E-state index >= 15 is 0 Å². The van der Waals surface area contributed by atoms with Crippen molar-refractivity contribution in [1.29, 1.82) is 0 Å². The van der Waals surface area contributed by atoms with E-state index in [0.29, 0.717) is 12.2 Å². The summed E-state index contributed by atoms with van der Waals surface area (Å²) in [6.45, 7) is 3.70. The molecule has 2 unspecified atom stereocenters. The van der Waals surface area contributed by atoms with E-state index in [2.05, 4.69) is 0 Å². The van der Waals surface area contributed by atoms with Crippen molar-refractivity contribution in [2.75, 3.05) is 0 Å². The molecule has 21 heavy (non-hydrogen) atoms. The Balaban J connectivity index is 2.00. The molecule has 0 saturated carbocycles. The summed E-state index contributed by atoms with van der Waals surface area (Å²) in [6.07, 6.45) is -0.783. The van der Waals surface area contributed by atoms with Crippen LogP contribution >= 0.6 is 0 Å². The lowest BCUT2D eigenvalue weighted by Gasteiger charge is -2.32. The quantitative estimate of drug-likeness (QED) is 0.754. The van der Waals surface area contributed by atoms with Gasteiger partial charge in [0, 0.05) is 18.1 Å². The monoisotopic (exact) mass is 286 g/mol. The number of aliphatic hydroxyl groups excluding tert-OH is 1.